The van der Waals surface area contributed by atoms with Gasteiger partial charge in [0.15, 0.2) is 0 Å². The first-order valence-electron chi connectivity index (χ1n) is 10.9. The first kappa shape index (κ1) is 24.5. The highest BCUT2D eigenvalue weighted by atomic mass is 35.5. The minimum atomic E-state index is -3.84. The van der Waals surface area contributed by atoms with Gasteiger partial charge in [-0.2, -0.15) is 0 Å². The van der Waals surface area contributed by atoms with Gasteiger partial charge in [0.1, 0.15) is 0 Å². The van der Waals surface area contributed by atoms with Crippen molar-refractivity contribution in [2.75, 3.05) is 30.5 Å². The molecule has 0 bridgehead atoms. The predicted molar refractivity (Wildman–Crippen MR) is 133 cm³/mol. The van der Waals surface area contributed by atoms with Gasteiger partial charge in [-0.05, 0) is 67.9 Å². The zero-order valence-electron chi connectivity index (χ0n) is 18.4. The van der Waals surface area contributed by atoms with E-state index in [1.807, 2.05) is 61.5 Å². The lowest BCUT2D eigenvalue weighted by Gasteiger charge is -2.31. The largest absolute Gasteiger partial charge is 0.390 e. The summed E-state index contributed by atoms with van der Waals surface area (Å²) in [6.45, 7) is 4.39. The van der Waals surface area contributed by atoms with Crippen molar-refractivity contribution in [1.82, 2.24) is 4.90 Å². The second-order valence-electron chi connectivity index (χ2n) is 8.40. The van der Waals surface area contributed by atoms with Crippen LogP contribution in [0.3, 0.4) is 0 Å². The van der Waals surface area contributed by atoms with Crippen LogP contribution in [-0.4, -0.2) is 50.7 Å². The molecule has 1 heterocycles. The summed E-state index contributed by atoms with van der Waals surface area (Å²) in [5.74, 6) is 0. The molecule has 7 heteroatoms. The molecule has 1 N–H and O–H groups in total. The van der Waals surface area contributed by atoms with E-state index >= 15 is 0 Å². The van der Waals surface area contributed by atoms with E-state index in [-0.39, 0.29) is 23.8 Å². The Hall–Kier alpha value is -2.12. The molecule has 0 saturated carbocycles. The summed E-state index contributed by atoms with van der Waals surface area (Å²) in [6.07, 6.45) is 2.71. The summed E-state index contributed by atoms with van der Waals surface area (Å²) >= 11 is 0. The van der Waals surface area contributed by atoms with Crippen molar-refractivity contribution in [3.63, 3.8) is 0 Å². The average Bonchev–Trinajstić information content (AvgIpc) is 2.78. The van der Waals surface area contributed by atoms with Gasteiger partial charge in [0.25, 0.3) is 10.0 Å². The van der Waals surface area contributed by atoms with Crippen LogP contribution in [0.4, 0.5) is 5.69 Å². The van der Waals surface area contributed by atoms with Gasteiger partial charge < -0.3 is 10.0 Å². The van der Waals surface area contributed by atoms with Crippen molar-refractivity contribution in [1.29, 1.82) is 0 Å². The van der Waals surface area contributed by atoms with Crippen molar-refractivity contribution in [2.45, 2.75) is 37.2 Å². The smallest absolute Gasteiger partial charge is 0.264 e. The average molecular weight is 475 g/mol. The Morgan fingerprint density at radius 3 is 2.28 bits per heavy atom. The highest BCUT2D eigenvalue weighted by Gasteiger charge is 2.28. The number of fused-ring (bicyclic) bond motifs is 1. The van der Waals surface area contributed by atoms with Gasteiger partial charge in [-0.1, -0.05) is 54.4 Å². The topological polar surface area (TPSA) is 60.9 Å². The van der Waals surface area contributed by atoms with E-state index in [1.54, 1.807) is 12.1 Å². The highest BCUT2D eigenvalue weighted by molar-refractivity contribution is 7.92. The van der Waals surface area contributed by atoms with E-state index in [9.17, 15) is 13.5 Å². The van der Waals surface area contributed by atoms with Gasteiger partial charge in [-0.25, -0.2) is 8.42 Å². The molecule has 1 aliphatic rings. The number of piperidine rings is 1. The Bertz CT molecular complexity index is 1130. The van der Waals surface area contributed by atoms with Gasteiger partial charge in [-0.15, -0.1) is 12.4 Å². The third kappa shape index (κ3) is 5.62. The van der Waals surface area contributed by atoms with Gasteiger partial charge >= 0.3 is 0 Å². The molecule has 1 unspecified atom stereocenters. The summed E-state index contributed by atoms with van der Waals surface area (Å²) in [6, 6.07) is 20.3. The van der Waals surface area contributed by atoms with Crippen LogP contribution < -0.4 is 4.31 Å². The van der Waals surface area contributed by atoms with Crippen LogP contribution in [0.2, 0.25) is 0 Å². The monoisotopic (exact) mass is 474 g/mol. The number of aryl methyl sites for hydroxylation is 1. The lowest BCUT2D eigenvalue weighted by atomic mass is 10.1. The molecule has 1 aliphatic heterocycles. The normalized spacial score (nSPS) is 15.8. The van der Waals surface area contributed by atoms with Crippen LogP contribution >= 0.6 is 12.4 Å². The Morgan fingerprint density at radius 1 is 0.938 bits per heavy atom. The molecule has 5 nitrogen and oxygen atoms in total. The van der Waals surface area contributed by atoms with Crippen LogP contribution in [0.15, 0.2) is 71.6 Å². The molecular formula is C25H31ClN2O3S. The van der Waals surface area contributed by atoms with E-state index in [0.29, 0.717) is 12.2 Å². The van der Waals surface area contributed by atoms with Crippen molar-refractivity contribution in [3.8, 4) is 0 Å². The van der Waals surface area contributed by atoms with E-state index in [4.69, 9.17) is 0 Å². The Morgan fingerprint density at radius 2 is 1.59 bits per heavy atom. The summed E-state index contributed by atoms with van der Waals surface area (Å²) in [4.78, 5) is 2.46. The number of nitrogens with zero attached hydrogens (tertiary/aromatic N) is 2. The maximum absolute atomic E-state index is 13.7. The number of aliphatic hydroxyl groups excluding tert-OH is 1. The maximum atomic E-state index is 13.7. The van der Waals surface area contributed by atoms with Gasteiger partial charge in [-0.3, -0.25) is 4.31 Å². The fourth-order valence-corrected chi connectivity index (χ4v) is 5.74. The molecule has 0 aliphatic carbocycles. The van der Waals surface area contributed by atoms with E-state index in [2.05, 4.69) is 4.90 Å². The number of benzene rings is 3. The molecule has 1 saturated heterocycles. The van der Waals surface area contributed by atoms with Gasteiger partial charge in [0.2, 0.25) is 0 Å². The van der Waals surface area contributed by atoms with Crippen LogP contribution in [0.1, 0.15) is 24.8 Å². The number of rotatable bonds is 7. The number of likely N-dealkylation sites (tertiary alicyclic amines) is 1. The SMILES string of the molecule is Cc1ccc(N(CC(O)CN2CCCCC2)S(=O)(=O)c2ccc3ccccc3c2)cc1.Cl. The predicted octanol–water partition coefficient (Wildman–Crippen LogP) is 4.61. The first-order valence-corrected chi connectivity index (χ1v) is 12.4. The molecule has 4 rings (SSSR count). The zero-order chi connectivity index (χ0) is 21.8. The van der Waals surface area contributed by atoms with Crippen molar-refractivity contribution in [2.24, 2.45) is 0 Å². The van der Waals surface area contributed by atoms with E-state index < -0.39 is 16.1 Å². The number of hydrogen-bond acceptors (Lipinski definition) is 4. The molecule has 172 valence electrons. The summed E-state index contributed by atoms with van der Waals surface area (Å²) < 4.78 is 28.7. The fraction of sp³-hybridized carbons (Fsp3) is 0.360. The second-order valence-corrected chi connectivity index (χ2v) is 10.3. The molecule has 3 aromatic carbocycles. The lowest BCUT2D eigenvalue weighted by Crippen LogP contribution is -2.44. The van der Waals surface area contributed by atoms with E-state index in [1.165, 1.54) is 10.7 Å². The number of hydrogen-bond donors (Lipinski definition) is 1. The molecule has 0 amide bonds. The fourth-order valence-electron chi connectivity index (χ4n) is 4.20. The maximum Gasteiger partial charge on any atom is 0.264 e. The highest BCUT2D eigenvalue weighted by Crippen LogP contribution is 2.27. The molecular weight excluding hydrogens is 444 g/mol. The van der Waals surface area contributed by atoms with E-state index in [0.717, 1.165) is 42.3 Å². The molecule has 1 atom stereocenters. The summed E-state index contributed by atoms with van der Waals surface area (Å²) in [5, 5.41) is 12.7. The van der Waals surface area contributed by atoms with Crippen molar-refractivity contribution >= 4 is 38.9 Å². The minimum absolute atomic E-state index is 0. The Kier molecular flexibility index (Phi) is 8.17. The third-order valence-corrected chi connectivity index (χ3v) is 7.71. The molecule has 0 spiro atoms. The third-order valence-electron chi connectivity index (χ3n) is 5.93. The van der Waals surface area contributed by atoms with Gasteiger partial charge in [0, 0.05) is 6.54 Å². The molecule has 32 heavy (non-hydrogen) atoms. The number of β-amino-alcohol motifs (C(OH)–C–C–N with tert-alkyl or cyclic N) is 1. The second kappa shape index (κ2) is 10.7. The van der Waals surface area contributed by atoms with Crippen LogP contribution in [-0.2, 0) is 10.0 Å². The number of halogens is 1. The number of sulfonamides is 1. The van der Waals surface area contributed by atoms with Crippen molar-refractivity contribution in [3.05, 3.63) is 72.3 Å². The zero-order valence-corrected chi connectivity index (χ0v) is 20.0. The van der Waals surface area contributed by atoms with Crippen LogP contribution in [0, 0.1) is 6.92 Å². The molecule has 0 aromatic heterocycles. The van der Waals surface area contributed by atoms with Crippen molar-refractivity contribution < 1.29 is 13.5 Å². The summed E-state index contributed by atoms with van der Waals surface area (Å²) in [7, 11) is -3.84. The molecule has 3 aromatic rings. The Balaban J connectivity index is 0.00000289. The Labute approximate surface area is 197 Å². The van der Waals surface area contributed by atoms with Crippen LogP contribution in [0.25, 0.3) is 10.8 Å². The summed E-state index contributed by atoms with van der Waals surface area (Å²) in [5.41, 5.74) is 1.62. The lowest BCUT2D eigenvalue weighted by molar-refractivity contribution is 0.107. The molecule has 1 fully saturated rings. The number of aliphatic hydroxyl groups is 1. The number of anilines is 1. The molecule has 0 radical (unpaired) electrons. The van der Waals surface area contributed by atoms with Gasteiger partial charge in [0.05, 0.1) is 23.2 Å². The standard InChI is InChI=1S/C25H30N2O3S.ClH/c1-20-9-12-23(13-10-20)27(19-24(28)18-26-15-5-2-6-16-26)31(29,30)25-14-11-21-7-3-4-8-22(21)17-25;/h3-4,7-14,17,24,28H,2,5-6,15-16,18-19H2,1H3;1H. The first-order chi connectivity index (χ1) is 14.9. The van der Waals surface area contributed by atoms with Crippen LogP contribution in [0.5, 0.6) is 0 Å². The quantitative estimate of drug-likeness (QED) is 0.543. The minimum Gasteiger partial charge on any atom is -0.390 e.